The van der Waals surface area contributed by atoms with Gasteiger partial charge in [0.2, 0.25) is 0 Å². The lowest BCUT2D eigenvalue weighted by Gasteiger charge is -2.05. The van der Waals surface area contributed by atoms with Crippen LogP contribution in [0.15, 0.2) is 18.2 Å². The van der Waals surface area contributed by atoms with Crippen LogP contribution in [0.1, 0.15) is 24.5 Å². The average molecular weight is 194 g/mol. The molecule has 0 fully saturated rings. The van der Waals surface area contributed by atoms with Crippen LogP contribution in [0.5, 0.6) is 5.75 Å². The molecular weight excluding hydrogens is 180 g/mol. The Hall–Kier alpha value is -1.51. The predicted molar refractivity (Wildman–Crippen MR) is 53.4 cm³/mol. The van der Waals surface area contributed by atoms with E-state index < -0.39 is 5.97 Å². The largest absolute Gasteiger partial charge is 0.508 e. The Kier molecular flexibility index (Phi) is 3.51. The highest BCUT2D eigenvalue weighted by Gasteiger charge is 2.04. The van der Waals surface area contributed by atoms with Gasteiger partial charge in [0.1, 0.15) is 5.75 Å². The molecule has 0 atom stereocenters. The second kappa shape index (κ2) is 4.65. The molecule has 0 aliphatic rings. The molecule has 1 rings (SSSR count). The standard InChI is InChI=1S/C11H14O3/c1-2-3-9-6-8(7-11(13)14)4-5-10(9)12/h4-6,12H,2-3,7H2,1H3,(H,13,14). The van der Waals surface area contributed by atoms with Crippen molar-refractivity contribution in [2.75, 3.05) is 0 Å². The highest BCUT2D eigenvalue weighted by molar-refractivity contribution is 5.70. The molecule has 0 aliphatic heterocycles. The number of carbonyl (C=O) groups is 1. The number of carboxylic acid groups (broad SMARTS) is 1. The monoisotopic (exact) mass is 194 g/mol. The Balaban J connectivity index is 2.88. The second-order valence-corrected chi connectivity index (χ2v) is 3.28. The molecule has 0 aromatic heterocycles. The average Bonchev–Trinajstić information content (AvgIpc) is 2.10. The number of hydrogen-bond donors (Lipinski definition) is 2. The van der Waals surface area contributed by atoms with E-state index >= 15 is 0 Å². The number of phenolic OH excluding ortho intramolecular Hbond substituents is 1. The van der Waals surface area contributed by atoms with Crippen LogP contribution in [-0.2, 0) is 17.6 Å². The van der Waals surface area contributed by atoms with Crippen molar-refractivity contribution in [1.82, 2.24) is 0 Å². The smallest absolute Gasteiger partial charge is 0.307 e. The lowest BCUT2D eigenvalue weighted by Crippen LogP contribution is -2.00. The Morgan fingerprint density at radius 1 is 1.43 bits per heavy atom. The molecule has 1 aromatic carbocycles. The molecule has 0 saturated heterocycles. The van der Waals surface area contributed by atoms with E-state index in [4.69, 9.17) is 5.11 Å². The van der Waals surface area contributed by atoms with Crippen LogP contribution in [0.4, 0.5) is 0 Å². The maximum atomic E-state index is 10.5. The second-order valence-electron chi connectivity index (χ2n) is 3.28. The maximum Gasteiger partial charge on any atom is 0.307 e. The number of aryl methyl sites for hydroxylation is 1. The summed E-state index contributed by atoms with van der Waals surface area (Å²) in [5.41, 5.74) is 1.56. The van der Waals surface area contributed by atoms with Crippen LogP contribution in [0.3, 0.4) is 0 Å². The van der Waals surface area contributed by atoms with Crippen LogP contribution < -0.4 is 0 Å². The molecule has 76 valence electrons. The van der Waals surface area contributed by atoms with Crippen LogP contribution in [0.2, 0.25) is 0 Å². The number of aromatic hydroxyl groups is 1. The van der Waals surface area contributed by atoms with Crippen LogP contribution in [0.25, 0.3) is 0 Å². The van der Waals surface area contributed by atoms with Gasteiger partial charge in [0.15, 0.2) is 0 Å². The van der Waals surface area contributed by atoms with Crippen molar-refractivity contribution in [2.45, 2.75) is 26.2 Å². The summed E-state index contributed by atoms with van der Waals surface area (Å²) in [6, 6.07) is 4.96. The van der Waals surface area contributed by atoms with Gasteiger partial charge in [0.25, 0.3) is 0 Å². The first-order chi connectivity index (χ1) is 6.63. The minimum absolute atomic E-state index is 0.0109. The number of rotatable bonds is 4. The molecule has 0 aliphatic carbocycles. The molecule has 0 bridgehead atoms. The van der Waals surface area contributed by atoms with Crippen molar-refractivity contribution in [3.8, 4) is 5.75 Å². The van der Waals surface area contributed by atoms with Gasteiger partial charge in [-0.25, -0.2) is 0 Å². The highest BCUT2D eigenvalue weighted by atomic mass is 16.4. The summed E-state index contributed by atoms with van der Waals surface area (Å²) in [5.74, 6) is -0.598. The molecular formula is C11H14O3. The van der Waals surface area contributed by atoms with Crippen molar-refractivity contribution in [1.29, 1.82) is 0 Å². The van der Waals surface area contributed by atoms with Crippen molar-refractivity contribution in [3.05, 3.63) is 29.3 Å². The molecule has 0 heterocycles. The number of hydrogen-bond acceptors (Lipinski definition) is 2. The van der Waals surface area contributed by atoms with E-state index in [2.05, 4.69) is 0 Å². The lowest BCUT2D eigenvalue weighted by atomic mass is 10.0. The van der Waals surface area contributed by atoms with Gasteiger partial charge in [0.05, 0.1) is 6.42 Å². The Morgan fingerprint density at radius 2 is 2.14 bits per heavy atom. The van der Waals surface area contributed by atoms with E-state index in [1.807, 2.05) is 6.92 Å². The van der Waals surface area contributed by atoms with Crippen molar-refractivity contribution >= 4 is 5.97 Å². The van der Waals surface area contributed by atoms with E-state index in [1.54, 1.807) is 18.2 Å². The van der Waals surface area contributed by atoms with Crippen LogP contribution >= 0.6 is 0 Å². The van der Waals surface area contributed by atoms with Gasteiger partial charge in [-0.2, -0.15) is 0 Å². The van der Waals surface area contributed by atoms with E-state index in [0.29, 0.717) is 0 Å². The van der Waals surface area contributed by atoms with Gasteiger partial charge < -0.3 is 10.2 Å². The molecule has 0 spiro atoms. The topological polar surface area (TPSA) is 57.5 Å². The van der Waals surface area contributed by atoms with Gasteiger partial charge in [0, 0.05) is 0 Å². The summed E-state index contributed by atoms with van der Waals surface area (Å²) in [5, 5.41) is 18.0. The van der Waals surface area contributed by atoms with E-state index in [1.165, 1.54) is 0 Å². The van der Waals surface area contributed by atoms with Gasteiger partial charge in [-0.3, -0.25) is 4.79 Å². The van der Waals surface area contributed by atoms with Crippen molar-refractivity contribution < 1.29 is 15.0 Å². The third kappa shape index (κ3) is 2.76. The molecule has 0 unspecified atom stereocenters. The fraction of sp³-hybridized carbons (Fsp3) is 0.364. The fourth-order valence-corrected chi connectivity index (χ4v) is 1.39. The molecule has 1 aromatic rings. The third-order valence-corrected chi connectivity index (χ3v) is 2.02. The van der Waals surface area contributed by atoms with E-state index in [0.717, 1.165) is 24.0 Å². The third-order valence-electron chi connectivity index (χ3n) is 2.02. The quantitative estimate of drug-likeness (QED) is 0.770. The van der Waals surface area contributed by atoms with Crippen molar-refractivity contribution in [3.63, 3.8) is 0 Å². The van der Waals surface area contributed by atoms with E-state index in [-0.39, 0.29) is 12.2 Å². The summed E-state index contributed by atoms with van der Waals surface area (Å²) >= 11 is 0. The SMILES string of the molecule is CCCc1cc(CC(=O)O)ccc1O. The molecule has 0 saturated carbocycles. The van der Waals surface area contributed by atoms with Gasteiger partial charge >= 0.3 is 5.97 Å². The zero-order chi connectivity index (χ0) is 10.6. The Labute approximate surface area is 83.0 Å². The van der Waals surface area contributed by atoms with Crippen LogP contribution in [-0.4, -0.2) is 16.2 Å². The summed E-state index contributed by atoms with van der Waals surface area (Å²) in [4.78, 5) is 10.5. The van der Waals surface area contributed by atoms with Crippen molar-refractivity contribution in [2.24, 2.45) is 0 Å². The normalized spacial score (nSPS) is 10.1. The predicted octanol–water partition coefficient (Wildman–Crippen LogP) is 1.97. The van der Waals surface area contributed by atoms with E-state index in [9.17, 15) is 9.90 Å². The minimum Gasteiger partial charge on any atom is -0.508 e. The summed E-state index contributed by atoms with van der Waals surface area (Å²) in [7, 11) is 0. The Bertz CT molecular complexity index is 331. The molecule has 2 N–H and O–H groups in total. The summed E-state index contributed by atoms with van der Waals surface area (Å²) < 4.78 is 0. The Morgan fingerprint density at radius 3 is 2.71 bits per heavy atom. The first kappa shape index (κ1) is 10.6. The van der Waals surface area contributed by atoms with Gasteiger partial charge in [-0.05, 0) is 23.6 Å². The number of phenols is 1. The lowest BCUT2D eigenvalue weighted by molar-refractivity contribution is -0.136. The van der Waals surface area contributed by atoms with Gasteiger partial charge in [-0.15, -0.1) is 0 Å². The first-order valence-electron chi connectivity index (χ1n) is 4.66. The highest BCUT2D eigenvalue weighted by Crippen LogP contribution is 2.20. The first-order valence-corrected chi connectivity index (χ1v) is 4.66. The maximum absolute atomic E-state index is 10.5. The fourth-order valence-electron chi connectivity index (χ4n) is 1.39. The summed E-state index contributed by atoms with van der Waals surface area (Å²) in [6.45, 7) is 2.02. The zero-order valence-electron chi connectivity index (χ0n) is 8.16. The molecule has 14 heavy (non-hydrogen) atoms. The summed E-state index contributed by atoms with van der Waals surface area (Å²) in [6.07, 6.45) is 1.72. The number of benzene rings is 1. The minimum atomic E-state index is -0.849. The number of carboxylic acids is 1. The van der Waals surface area contributed by atoms with Crippen LogP contribution in [0, 0.1) is 0 Å². The molecule has 3 nitrogen and oxygen atoms in total. The number of aliphatic carboxylic acids is 1. The zero-order valence-corrected chi connectivity index (χ0v) is 8.16. The molecule has 0 radical (unpaired) electrons. The molecule has 3 heteroatoms. The molecule has 0 amide bonds. The van der Waals surface area contributed by atoms with Gasteiger partial charge in [-0.1, -0.05) is 25.5 Å².